The number of benzene rings is 1. The third-order valence-corrected chi connectivity index (χ3v) is 5.40. The second kappa shape index (κ2) is 7.20. The van der Waals surface area contributed by atoms with Crippen molar-refractivity contribution in [2.24, 2.45) is 0 Å². The highest BCUT2D eigenvalue weighted by molar-refractivity contribution is 7.89. The van der Waals surface area contributed by atoms with Gasteiger partial charge in [-0.1, -0.05) is 24.6 Å². The molecule has 112 valence electrons. The molecule has 0 atom stereocenters. The van der Waals surface area contributed by atoms with Crippen LogP contribution in [-0.4, -0.2) is 39.5 Å². The molecular weight excluding hydrogens is 272 g/mol. The Morgan fingerprint density at radius 3 is 2.55 bits per heavy atom. The molecule has 0 amide bonds. The van der Waals surface area contributed by atoms with Crippen molar-refractivity contribution in [3.05, 3.63) is 29.8 Å². The van der Waals surface area contributed by atoms with Crippen LogP contribution >= 0.6 is 0 Å². The first-order valence-corrected chi connectivity index (χ1v) is 8.85. The molecule has 20 heavy (non-hydrogen) atoms. The zero-order valence-corrected chi connectivity index (χ0v) is 13.0. The van der Waals surface area contributed by atoms with Gasteiger partial charge in [-0.15, -0.1) is 0 Å². The smallest absolute Gasteiger partial charge is 0.240 e. The minimum absolute atomic E-state index is 0.387. The second-order valence-corrected chi connectivity index (χ2v) is 7.15. The number of sulfonamides is 1. The van der Waals surface area contributed by atoms with Crippen LogP contribution in [0.5, 0.6) is 0 Å². The maximum absolute atomic E-state index is 12.2. The monoisotopic (exact) mass is 296 g/mol. The topological polar surface area (TPSA) is 49.4 Å². The van der Waals surface area contributed by atoms with Gasteiger partial charge in [0.1, 0.15) is 0 Å². The van der Waals surface area contributed by atoms with Gasteiger partial charge in [0.15, 0.2) is 0 Å². The quantitative estimate of drug-likeness (QED) is 0.818. The largest absolute Gasteiger partial charge is 0.303 e. The maximum Gasteiger partial charge on any atom is 0.240 e. The van der Waals surface area contributed by atoms with Crippen LogP contribution in [0.4, 0.5) is 0 Å². The van der Waals surface area contributed by atoms with E-state index in [0.717, 1.165) is 31.6 Å². The SMILES string of the molecule is Cc1ccccc1S(=O)(=O)NCCCN1CCCCC1. The van der Waals surface area contributed by atoms with Crippen LogP contribution < -0.4 is 4.72 Å². The molecule has 2 rings (SSSR count). The fourth-order valence-corrected chi connectivity index (χ4v) is 3.95. The van der Waals surface area contributed by atoms with Gasteiger partial charge in [0.05, 0.1) is 4.90 Å². The number of nitrogens with one attached hydrogen (secondary N) is 1. The summed E-state index contributed by atoms with van der Waals surface area (Å²) in [5.41, 5.74) is 0.788. The number of hydrogen-bond donors (Lipinski definition) is 1. The summed E-state index contributed by atoms with van der Waals surface area (Å²) in [5, 5.41) is 0. The lowest BCUT2D eigenvalue weighted by Gasteiger charge is -2.26. The molecule has 0 saturated carbocycles. The van der Waals surface area contributed by atoms with Crippen LogP contribution in [0.2, 0.25) is 0 Å². The molecule has 1 aliphatic heterocycles. The average Bonchev–Trinajstić information content (AvgIpc) is 2.45. The molecule has 1 N–H and O–H groups in total. The average molecular weight is 296 g/mol. The number of likely N-dealkylation sites (tertiary alicyclic amines) is 1. The van der Waals surface area contributed by atoms with E-state index in [1.54, 1.807) is 12.1 Å². The van der Waals surface area contributed by atoms with Crippen molar-refractivity contribution >= 4 is 10.0 Å². The van der Waals surface area contributed by atoms with Crippen molar-refractivity contribution in [2.75, 3.05) is 26.2 Å². The first-order valence-electron chi connectivity index (χ1n) is 7.37. The number of hydrogen-bond acceptors (Lipinski definition) is 3. The van der Waals surface area contributed by atoms with E-state index in [1.165, 1.54) is 19.3 Å². The Bertz CT molecular complexity index is 522. The number of piperidine rings is 1. The molecule has 0 aliphatic carbocycles. The number of nitrogens with zero attached hydrogens (tertiary/aromatic N) is 1. The molecule has 4 nitrogen and oxygen atoms in total. The molecule has 1 aromatic rings. The van der Waals surface area contributed by atoms with Crippen LogP contribution in [0.15, 0.2) is 29.2 Å². The normalized spacial score (nSPS) is 17.2. The highest BCUT2D eigenvalue weighted by atomic mass is 32.2. The Kier molecular flexibility index (Phi) is 5.57. The summed E-state index contributed by atoms with van der Waals surface area (Å²) in [6.45, 7) is 5.63. The molecule has 0 unspecified atom stereocenters. The second-order valence-electron chi connectivity index (χ2n) is 5.42. The molecule has 1 aliphatic rings. The molecule has 1 saturated heterocycles. The van der Waals surface area contributed by atoms with E-state index in [2.05, 4.69) is 9.62 Å². The van der Waals surface area contributed by atoms with Gasteiger partial charge in [0.2, 0.25) is 10.0 Å². The molecule has 5 heteroatoms. The lowest BCUT2D eigenvalue weighted by Crippen LogP contribution is -2.33. The lowest BCUT2D eigenvalue weighted by atomic mass is 10.1. The van der Waals surface area contributed by atoms with Crippen LogP contribution in [0.25, 0.3) is 0 Å². The maximum atomic E-state index is 12.2. The van der Waals surface area contributed by atoms with Crippen LogP contribution in [0.1, 0.15) is 31.2 Å². The van der Waals surface area contributed by atoms with Gasteiger partial charge in [-0.2, -0.15) is 0 Å². The van der Waals surface area contributed by atoms with Gasteiger partial charge in [-0.05, 0) is 57.5 Å². The fourth-order valence-electron chi connectivity index (χ4n) is 2.63. The Labute approximate surface area is 122 Å². The van der Waals surface area contributed by atoms with Crippen LogP contribution in [0.3, 0.4) is 0 Å². The predicted molar refractivity (Wildman–Crippen MR) is 81.3 cm³/mol. The molecule has 1 aromatic carbocycles. The number of aryl methyl sites for hydroxylation is 1. The van der Waals surface area contributed by atoms with Crippen molar-refractivity contribution in [2.45, 2.75) is 37.5 Å². The van der Waals surface area contributed by atoms with Crippen LogP contribution in [0, 0.1) is 6.92 Å². The van der Waals surface area contributed by atoms with E-state index in [-0.39, 0.29) is 0 Å². The summed E-state index contributed by atoms with van der Waals surface area (Å²) < 4.78 is 27.1. The summed E-state index contributed by atoms with van der Waals surface area (Å²) >= 11 is 0. The summed E-state index contributed by atoms with van der Waals surface area (Å²) in [6.07, 6.45) is 4.74. The van der Waals surface area contributed by atoms with E-state index in [0.29, 0.717) is 11.4 Å². The minimum Gasteiger partial charge on any atom is -0.303 e. The zero-order valence-electron chi connectivity index (χ0n) is 12.1. The third-order valence-electron chi connectivity index (χ3n) is 3.77. The molecule has 0 aromatic heterocycles. The highest BCUT2D eigenvalue weighted by Gasteiger charge is 2.15. The van der Waals surface area contributed by atoms with E-state index in [9.17, 15) is 8.42 Å². The standard InChI is InChI=1S/C15H24N2O2S/c1-14-8-3-4-9-15(14)20(18,19)16-10-7-13-17-11-5-2-6-12-17/h3-4,8-9,16H,2,5-7,10-13H2,1H3. The van der Waals surface area contributed by atoms with Crippen LogP contribution in [-0.2, 0) is 10.0 Å². The Morgan fingerprint density at radius 1 is 1.15 bits per heavy atom. The summed E-state index contributed by atoms with van der Waals surface area (Å²) in [4.78, 5) is 2.81. The molecular formula is C15H24N2O2S. The molecule has 0 radical (unpaired) electrons. The summed E-state index contributed by atoms with van der Waals surface area (Å²) in [7, 11) is -3.36. The number of rotatable bonds is 6. The Balaban J connectivity index is 1.79. The first-order chi connectivity index (χ1) is 9.59. The molecule has 0 bridgehead atoms. The van der Waals surface area contributed by atoms with Gasteiger partial charge in [0.25, 0.3) is 0 Å². The zero-order chi connectivity index (χ0) is 14.4. The Morgan fingerprint density at radius 2 is 1.85 bits per heavy atom. The van der Waals surface area contributed by atoms with E-state index < -0.39 is 10.0 Å². The molecule has 0 spiro atoms. The minimum atomic E-state index is -3.36. The van der Waals surface area contributed by atoms with E-state index >= 15 is 0 Å². The van der Waals surface area contributed by atoms with Crippen molar-refractivity contribution in [3.8, 4) is 0 Å². The van der Waals surface area contributed by atoms with Crippen molar-refractivity contribution in [1.29, 1.82) is 0 Å². The Hall–Kier alpha value is -0.910. The fraction of sp³-hybridized carbons (Fsp3) is 0.600. The summed E-state index contributed by atoms with van der Waals surface area (Å²) in [6, 6.07) is 7.09. The third kappa shape index (κ3) is 4.30. The van der Waals surface area contributed by atoms with Gasteiger partial charge >= 0.3 is 0 Å². The van der Waals surface area contributed by atoms with Gasteiger partial charge < -0.3 is 4.90 Å². The van der Waals surface area contributed by atoms with Crippen molar-refractivity contribution in [3.63, 3.8) is 0 Å². The van der Waals surface area contributed by atoms with Gasteiger partial charge in [-0.3, -0.25) is 0 Å². The summed E-state index contributed by atoms with van der Waals surface area (Å²) in [5.74, 6) is 0. The van der Waals surface area contributed by atoms with Gasteiger partial charge in [-0.25, -0.2) is 13.1 Å². The predicted octanol–water partition coefficient (Wildman–Crippen LogP) is 2.15. The van der Waals surface area contributed by atoms with Gasteiger partial charge in [0, 0.05) is 6.54 Å². The van der Waals surface area contributed by atoms with E-state index in [4.69, 9.17) is 0 Å². The highest BCUT2D eigenvalue weighted by Crippen LogP contribution is 2.13. The lowest BCUT2D eigenvalue weighted by molar-refractivity contribution is 0.227. The van der Waals surface area contributed by atoms with Crippen molar-refractivity contribution in [1.82, 2.24) is 9.62 Å². The first kappa shape index (κ1) is 15.5. The van der Waals surface area contributed by atoms with Crippen molar-refractivity contribution < 1.29 is 8.42 Å². The van der Waals surface area contributed by atoms with E-state index in [1.807, 2.05) is 19.1 Å². The molecule has 1 heterocycles. The molecule has 1 fully saturated rings.